The van der Waals surface area contributed by atoms with Gasteiger partial charge < -0.3 is 15.2 Å². The van der Waals surface area contributed by atoms with Crippen LogP contribution in [-0.4, -0.2) is 33.2 Å². The molecular weight excluding hydrogens is 402 g/mol. The first-order chi connectivity index (χ1) is 14.5. The number of carbonyl (C=O) groups excluding carboxylic acids is 1. The van der Waals surface area contributed by atoms with Gasteiger partial charge in [0.25, 0.3) is 0 Å². The van der Waals surface area contributed by atoms with E-state index in [2.05, 4.69) is 33.1 Å². The Kier molecular flexibility index (Phi) is 5.36. The number of aromatic hydroxyl groups is 1. The number of benzene rings is 2. The Hall–Kier alpha value is -3.85. The van der Waals surface area contributed by atoms with E-state index in [0.717, 1.165) is 9.87 Å². The molecule has 4 rings (SSSR count). The average Bonchev–Trinajstić information content (AvgIpc) is 2.78. The Labute approximate surface area is 177 Å². The van der Waals surface area contributed by atoms with Crippen LogP contribution < -0.4 is 14.4 Å². The number of methoxy groups -OCH3 is 1. The first-order valence-corrected chi connectivity index (χ1v) is 9.31. The van der Waals surface area contributed by atoms with Gasteiger partial charge in [-0.2, -0.15) is 0 Å². The molecule has 0 aliphatic carbocycles. The number of carbonyl (C=O) groups is 1. The number of amides is 2. The second-order valence-corrected chi connectivity index (χ2v) is 6.66. The van der Waals surface area contributed by atoms with E-state index in [1.165, 1.54) is 19.4 Å². The number of thiol groups is 1. The van der Waals surface area contributed by atoms with Crippen molar-refractivity contribution in [2.75, 3.05) is 16.7 Å². The summed E-state index contributed by atoms with van der Waals surface area (Å²) in [5, 5.41) is 12.5. The predicted molar refractivity (Wildman–Crippen MR) is 118 cm³/mol. The Morgan fingerprint density at radius 2 is 1.90 bits per heavy atom. The van der Waals surface area contributed by atoms with Gasteiger partial charge in [0, 0.05) is 11.3 Å². The lowest BCUT2D eigenvalue weighted by Crippen LogP contribution is -2.27. The van der Waals surface area contributed by atoms with E-state index >= 15 is 0 Å². The highest BCUT2D eigenvalue weighted by molar-refractivity contribution is 7.82. The van der Waals surface area contributed by atoms with E-state index in [-0.39, 0.29) is 11.6 Å². The molecule has 30 heavy (non-hydrogen) atoms. The lowest BCUT2D eigenvalue weighted by atomic mass is 10.1. The number of phenolic OH excluding ortho intramolecular Hbond substituents is 1. The Morgan fingerprint density at radius 1 is 1.10 bits per heavy atom. The lowest BCUT2D eigenvalue weighted by molar-refractivity contribution is 0.260. The summed E-state index contributed by atoms with van der Waals surface area (Å²) in [6.07, 6.45) is 1.45. The number of urea groups is 1. The highest BCUT2D eigenvalue weighted by Gasteiger charge is 2.16. The number of phenols is 1. The summed E-state index contributed by atoms with van der Waals surface area (Å²) in [6.45, 7) is 0. The summed E-state index contributed by atoms with van der Waals surface area (Å²) >= 11 is 4.25. The number of ether oxygens (including phenoxy) is 1. The molecular formula is C21H17N5O3S. The third kappa shape index (κ3) is 3.96. The molecule has 2 aromatic carbocycles. The van der Waals surface area contributed by atoms with E-state index in [0.29, 0.717) is 28.3 Å². The molecule has 8 nitrogen and oxygen atoms in total. The van der Waals surface area contributed by atoms with E-state index in [1.807, 2.05) is 18.2 Å². The molecule has 0 unspecified atom stereocenters. The average molecular weight is 419 g/mol. The van der Waals surface area contributed by atoms with Crippen LogP contribution in [0.25, 0.3) is 22.4 Å². The Balaban J connectivity index is 1.64. The zero-order chi connectivity index (χ0) is 21.1. The Morgan fingerprint density at radius 3 is 2.67 bits per heavy atom. The van der Waals surface area contributed by atoms with Crippen molar-refractivity contribution in [1.82, 2.24) is 15.0 Å². The second kappa shape index (κ2) is 8.26. The first-order valence-electron chi connectivity index (χ1n) is 8.91. The van der Waals surface area contributed by atoms with Gasteiger partial charge in [-0.15, -0.1) is 0 Å². The fourth-order valence-electron chi connectivity index (χ4n) is 2.79. The maximum Gasteiger partial charge on any atom is 0.337 e. The quantitative estimate of drug-likeness (QED) is 0.427. The molecule has 2 amide bonds. The Bertz CT molecular complexity index is 1220. The van der Waals surface area contributed by atoms with Crippen molar-refractivity contribution in [3.63, 3.8) is 0 Å². The van der Waals surface area contributed by atoms with Crippen molar-refractivity contribution < 1.29 is 14.6 Å². The van der Waals surface area contributed by atoms with Crippen molar-refractivity contribution in [3.05, 3.63) is 66.9 Å². The number of anilines is 2. The summed E-state index contributed by atoms with van der Waals surface area (Å²) in [5.41, 5.74) is 2.91. The number of hydrogen-bond acceptors (Lipinski definition) is 7. The fourth-order valence-corrected chi connectivity index (χ4v) is 2.94. The van der Waals surface area contributed by atoms with E-state index in [9.17, 15) is 9.90 Å². The molecule has 4 aromatic rings. The minimum absolute atomic E-state index is 0.0410. The molecule has 0 radical (unpaired) electrons. The van der Waals surface area contributed by atoms with E-state index in [1.54, 1.807) is 36.4 Å². The number of nitrogens with one attached hydrogen (secondary N) is 1. The number of hydrogen-bond donors (Lipinski definition) is 3. The van der Waals surface area contributed by atoms with Crippen LogP contribution in [0, 0.1) is 0 Å². The van der Waals surface area contributed by atoms with Crippen LogP contribution in [0.15, 0.2) is 66.9 Å². The number of fused-ring (bicyclic) bond motifs is 1. The zero-order valence-corrected chi connectivity index (χ0v) is 16.7. The molecule has 150 valence electrons. The molecule has 0 bridgehead atoms. The van der Waals surface area contributed by atoms with Crippen molar-refractivity contribution in [2.45, 2.75) is 0 Å². The van der Waals surface area contributed by atoms with Crippen LogP contribution in [0.4, 0.5) is 16.3 Å². The molecule has 2 aromatic heterocycles. The minimum Gasteiger partial charge on any atom is -0.504 e. The molecule has 0 spiro atoms. The van der Waals surface area contributed by atoms with Crippen LogP contribution >= 0.6 is 12.8 Å². The summed E-state index contributed by atoms with van der Waals surface area (Å²) in [5.74, 6) is 0.611. The summed E-state index contributed by atoms with van der Waals surface area (Å²) < 4.78 is 6.22. The third-order valence-corrected chi connectivity index (χ3v) is 4.69. The van der Waals surface area contributed by atoms with Crippen LogP contribution in [0.3, 0.4) is 0 Å². The lowest BCUT2D eigenvalue weighted by Gasteiger charge is -2.15. The molecule has 0 fully saturated rings. The van der Waals surface area contributed by atoms with E-state index in [4.69, 9.17) is 4.74 Å². The van der Waals surface area contributed by atoms with Crippen molar-refractivity contribution >= 4 is 41.5 Å². The van der Waals surface area contributed by atoms with Crippen LogP contribution in [0.5, 0.6) is 11.5 Å². The van der Waals surface area contributed by atoms with Gasteiger partial charge in [-0.3, -0.25) is 0 Å². The van der Waals surface area contributed by atoms with Gasteiger partial charge in [0.05, 0.1) is 19.0 Å². The molecule has 0 saturated carbocycles. The summed E-state index contributed by atoms with van der Waals surface area (Å²) in [4.78, 5) is 25.7. The number of para-hydroxylation sites is 1. The van der Waals surface area contributed by atoms with Crippen molar-refractivity contribution in [1.29, 1.82) is 0 Å². The molecule has 2 N–H and O–H groups in total. The van der Waals surface area contributed by atoms with Crippen molar-refractivity contribution in [3.8, 4) is 22.8 Å². The maximum atomic E-state index is 12.5. The number of aromatic nitrogens is 3. The number of pyridine rings is 1. The van der Waals surface area contributed by atoms with Gasteiger partial charge in [-0.05, 0) is 42.5 Å². The topological polar surface area (TPSA) is 100 Å². The van der Waals surface area contributed by atoms with Crippen molar-refractivity contribution in [2.24, 2.45) is 0 Å². The molecule has 9 heteroatoms. The smallest absolute Gasteiger partial charge is 0.337 e. The monoisotopic (exact) mass is 419 g/mol. The largest absolute Gasteiger partial charge is 0.504 e. The summed E-state index contributed by atoms with van der Waals surface area (Å²) in [6, 6.07) is 17.1. The highest BCUT2D eigenvalue weighted by atomic mass is 32.1. The van der Waals surface area contributed by atoms with Gasteiger partial charge in [-0.1, -0.05) is 31.0 Å². The maximum absolute atomic E-state index is 12.5. The molecule has 0 aliphatic rings. The van der Waals surface area contributed by atoms with Crippen LogP contribution in [-0.2, 0) is 0 Å². The molecule has 0 atom stereocenters. The van der Waals surface area contributed by atoms with Crippen LogP contribution in [0.2, 0.25) is 0 Å². The molecule has 0 aliphatic heterocycles. The van der Waals surface area contributed by atoms with Gasteiger partial charge in [0.2, 0.25) is 0 Å². The molecule has 2 heterocycles. The number of rotatable bonds is 4. The summed E-state index contributed by atoms with van der Waals surface area (Å²) in [7, 11) is 1.48. The number of nitrogens with zero attached hydrogens (tertiary/aromatic N) is 4. The fraction of sp³-hybridized carbons (Fsp3) is 0.0476. The zero-order valence-electron chi connectivity index (χ0n) is 15.9. The van der Waals surface area contributed by atoms with Crippen LogP contribution in [0.1, 0.15) is 0 Å². The predicted octanol–water partition coefficient (Wildman–Crippen LogP) is 4.29. The van der Waals surface area contributed by atoms with E-state index < -0.39 is 6.03 Å². The second-order valence-electron chi connectivity index (χ2n) is 6.26. The third-order valence-electron chi connectivity index (χ3n) is 4.30. The normalized spacial score (nSPS) is 10.6. The first kappa shape index (κ1) is 19.5. The minimum atomic E-state index is -0.474. The van der Waals surface area contributed by atoms with Gasteiger partial charge in [0.1, 0.15) is 5.52 Å². The SMILES string of the molecule is COc1cc(-c2ccc3ncc(N(S)C(=O)Nc4ccccc4)nc3n2)ccc1O. The van der Waals surface area contributed by atoms with Gasteiger partial charge in [-0.25, -0.2) is 24.1 Å². The molecule has 0 saturated heterocycles. The van der Waals surface area contributed by atoms with Gasteiger partial charge in [0.15, 0.2) is 23.0 Å². The standard InChI is InChI=1S/C21H17N5O3S/c1-29-18-11-13(7-10-17(18)27)15-8-9-16-20(24-15)25-19(12-22-16)26(30)21(28)23-14-5-3-2-4-6-14/h2-12,27,30H,1H3,(H,23,28). The van der Waals surface area contributed by atoms with Gasteiger partial charge >= 0.3 is 6.03 Å². The highest BCUT2D eigenvalue weighted by Crippen LogP contribution is 2.31.